The van der Waals surface area contributed by atoms with Crippen LogP contribution < -0.4 is 10.2 Å². The maximum atomic E-state index is 12.0. The average molecular weight is 467 g/mol. The quantitative estimate of drug-likeness (QED) is 0.136. The minimum absolute atomic E-state index is 0.107. The van der Waals surface area contributed by atoms with Crippen molar-refractivity contribution >= 4 is 7.82 Å². The molecule has 7 nitrogen and oxygen atoms in total. The number of rotatable bonds is 23. The Labute approximate surface area is 192 Å². The van der Waals surface area contributed by atoms with Crippen LogP contribution in [0.5, 0.6) is 0 Å². The zero-order chi connectivity index (χ0) is 23.4. The van der Waals surface area contributed by atoms with E-state index in [9.17, 15) is 9.46 Å². The Bertz CT molecular complexity index is 446. The molecule has 0 aliphatic carbocycles. The SMILES string of the molecule is CCCCCCCCCCCCCCOCC(CNC)OP(=O)([O-])OCC[N+](C)(C)C. The second kappa shape index (κ2) is 19.5. The van der Waals surface area contributed by atoms with Gasteiger partial charge in [0.2, 0.25) is 0 Å². The van der Waals surface area contributed by atoms with Gasteiger partial charge in [-0.2, -0.15) is 0 Å². The first-order chi connectivity index (χ1) is 14.7. The normalized spacial score (nSPS) is 15.2. The highest BCUT2D eigenvalue weighted by molar-refractivity contribution is 7.45. The van der Waals surface area contributed by atoms with Crippen molar-refractivity contribution in [3.05, 3.63) is 0 Å². The molecule has 0 aromatic heterocycles. The van der Waals surface area contributed by atoms with Gasteiger partial charge in [-0.05, 0) is 13.5 Å². The van der Waals surface area contributed by atoms with E-state index in [1.165, 1.54) is 64.2 Å². The summed E-state index contributed by atoms with van der Waals surface area (Å²) in [6.45, 7) is 4.21. The van der Waals surface area contributed by atoms with E-state index in [4.69, 9.17) is 13.8 Å². The van der Waals surface area contributed by atoms with Gasteiger partial charge in [-0.3, -0.25) is 4.57 Å². The van der Waals surface area contributed by atoms with E-state index in [0.29, 0.717) is 24.2 Å². The molecule has 188 valence electrons. The lowest BCUT2D eigenvalue weighted by Crippen LogP contribution is -2.38. The van der Waals surface area contributed by atoms with Crippen LogP contribution >= 0.6 is 7.82 Å². The Hall–Kier alpha value is -0.0100. The number of hydrogen-bond acceptors (Lipinski definition) is 6. The van der Waals surface area contributed by atoms with Gasteiger partial charge in [-0.15, -0.1) is 0 Å². The van der Waals surface area contributed by atoms with Gasteiger partial charge in [0.1, 0.15) is 19.3 Å². The molecule has 0 aliphatic heterocycles. The summed E-state index contributed by atoms with van der Waals surface area (Å²) in [6, 6.07) is 0. The molecule has 2 unspecified atom stereocenters. The molecule has 8 heteroatoms. The summed E-state index contributed by atoms with van der Waals surface area (Å²) >= 11 is 0. The Morgan fingerprint density at radius 2 is 1.39 bits per heavy atom. The lowest BCUT2D eigenvalue weighted by atomic mass is 10.1. The minimum Gasteiger partial charge on any atom is -0.756 e. The highest BCUT2D eigenvalue weighted by Gasteiger charge is 2.19. The molecule has 0 radical (unpaired) electrons. The summed E-state index contributed by atoms with van der Waals surface area (Å²) in [5.41, 5.74) is 0. The van der Waals surface area contributed by atoms with Crippen LogP contribution in [0.4, 0.5) is 0 Å². The molecule has 0 heterocycles. The van der Waals surface area contributed by atoms with Crippen molar-refractivity contribution in [3.8, 4) is 0 Å². The van der Waals surface area contributed by atoms with Crippen LogP contribution in [0.1, 0.15) is 84.0 Å². The molecule has 0 rings (SSSR count). The van der Waals surface area contributed by atoms with E-state index >= 15 is 0 Å². The van der Waals surface area contributed by atoms with E-state index < -0.39 is 13.9 Å². The number of ether oxygens (including phenoxy) is 1. The average Bonchev–Trinajstić information content (AvgIpc) is 2.66. The van der Waals surface area contributed by atoms with Crippen molar-refractivity contribution in [3.63, 3.8) is 0 Å². The maximum Gasteiger partial charge on any atom is 0.268 e. The topological polar surface area (TPSA) is 79.9 Å². The summed E-state index contributed by atoms with van der Waals surface area (Å²) in [5, 5.41) is 2.95. The van der Waals surface area contributed by atoms with Crippen LogP contribution in [0.25, 0.3) is 0 Å². The molecule has 0 bridgehead atoms. The fourth-order valence-electron chi connectivity index (χ4n) is 3.25. The standard InChI is InChI=1S/C23H51N2O5P/c1-6-7-8-9-10-11-12-13-14-15-16-17-19-28-22-23(21-24-2)30-31(26,27)29-20-18-25(3,4)5/h23-24H,6-22H2,1-5H3. The zero-order valence-corrected chi connectivity index (χ0v) is 21.9. The maximum absolute atomic E-state index is 12.0. The van der Waals surface area contributed by atoms with Crippen molar-refractivity contribution in [2.45, 2.75) is 90.1 Å². The summed E-state index contributed by atoms with van der Waals surface area (Å²) in [5.74, 6) is 0. The molecule has 0 aromatic rings. The van der Waals surface area contributed by atoms with E-state index in [0.717, 1.165) is 12.8 Å². The van der Waals surface area contributed by atoms with Crippen molar-refractivity contribution in [2.75, 3.05) is 61.1 Å². The molecule has 0 spiro atoms. The molecule has 0 aliphatic rings. The fraction of sp³-hybridized carbons (Fsp3) is 1.00. The largest absolute Gasteiger partial charge is 0.756 e. The molecule has 0 fully saturated rings. The Morgan fingerprint density at radius 3 is 1.87 bits per heavy atom. The van der Waals surface area contributed by atoms with Crippen LogP contribution in [-0.2, 0) is 18.3 Å². The van der Waals surface area contributed by atoms with Crippen molar-refractivity contribution in [1.29, 1.82) is 0 Å². The Morgan fingerprint density at radius 1 is 0.871 bits per heavy atom. The molecule has 0 saturated heterocycles. The van der Waals surface area contributed by atoms with Gasteiger partial charge in [0, 0.05) is 13.2 Å². The van der Waals surface area contributed by atoms with Gasteiger partial charge in [0.15, 0.2) is 0 Å². The first-order valence-corrected chi connectivity index (χ1v) is 13.8. The smallest absolute Gasteiger partial charge is 0.268 e. The van der Waals surface area contributed by atoms with Gasteiger partial charge < -0.3 is 28.5 Å². The zero-order valence-electron chi connectivity index (χ0n) is 21.0. The van der Waals surface area contributed by atoms with Crippen molar-refractivity contribution in [1.82, 2.24) is 5.32 Å². The van der Waals surface area contributed by atoms with Crippen LogP contribution in [0.15, 0.2) is 0 Å². The Kier molecular flexibility index (Phi) is 19.5. The molecule has 1 N–H and O–H groups in total. The number of nitrogens with one attached hydrogen (secondary N) is 1. The summed E-state index contributed by atoms with van der Waals surface area (Å²) < 4.78 is 28.5. The lowest BCUT2D eigenvalue weighted by molar-refractivity contribution is -0.870. The molecular formula is C23H51N2O5P. The minimum atomic E-state index is -4.33. The summed E-state index contributed by atoms with van der Waals surface area (Å²) in [4.78, 5) is 12.0. The highest BCUT2D eigenvalue weighted by atomic mass is 31.2. The number of nitrogens with zero attached hydrogens (tertiary/aromatic N) is 1. The molecule has 0 aromatic carbocycles. The van der Waals surface area contributed by atoms with Gasteiger partial charge >= 0.3 is 0 Å². The molecule has 0 amide bonds. The number of phosphoric ester groups is 1. The number of hydrogen-bond donors (Lipinski definition) is 1. The van der Waals surface area contributed by atoms with Crippen LogP contribution in [0.2, 0.25) is 0 Å². The van der Waals surface area contributed by atoms with Crippen molar-refractivity contribution < 1.29 is 27.7 Å². The molecule has 2 atom stereocenters. The third kappa shape index (κ3) is 23.0. The molecular weight excluding hydrogens is 415 g/mol. The van der Waals surface area contributed by atoms with Crippen LogP contribution in [0.3, 0.4) is 0 Å². The molecule has 0 saturated carbocycles. The van der Waals surface area contributed by atoms with Crippen molar-refractivity contribution in [2.24, 2.45) is 0 Å². The predicted octanol–water partition coefficient (Wildman–Crippen LogP) is 4.50. The third-order valence-electron chi connectivity index (χ3n) is 5.17. The first kappa shape index (κ1) is 31.0. The number of unbranched alkanes of at least 4 members (excludes halogenated alkanes) is 11. The molecule has 31 heavy (non-hydrogen) atoms. The van der Waals surface area contributed by atoms with Gasteiger partial charge in [-0.25, -0.2) is 0 Å². The second-order valence-corrected chi connectivity index (χ2v) is 10.9. The van der Waals surface area contributed by atoms with E-state index in [1.54, 1.807) is 7.05 Å². The van der Waals surface area contributed by atoms with Crippen LogP contribution in [-0.4, -0.2) is 71.7 Å². The Balaban J connectivity index is 3.73. The predicted molar refractivity (Wildman–Crippen MR) is 127 cm³/mol. The highest BCUT2D eigenvalue weighted by Crippen LogP contribution is 2.39. The number of quaternary nitrogens is 1. The van der Waals surface area contributed by atoms with Gasteiger partial charge in [0.05, 0.1) is 27.7 Å². The fourth-order valence-corrected chi connectivity index (χ4v) is 4.12. The monoisotopic (exact) mass is 466 g/mol. The van der Waals surface area contributed by atoms with E-state index in [1.807, 2.05) is 21.1 Å². The third-order valence-corrected chi connectivity index (χ3v) is 6.22. The van der Waals surface area contributed by atoms with E-state index in [-0.39, 0.29) is 13.2 Å². The second-order valence-electron chi connectivity index (χ2n) is 9.54. The first-order valence-electron chi connectivity index (χ1n) is 12.4. The number of likely N-dealkylation sites (N-methyl/N-ethyl adjacent to an activating group) is 2. The number of phosphoric acid groups is 1. The van der Waals surface area contributed by atoms with Gasteiger partial charge in [0.25, 0.3) is 7.82 Å². The summed E-state index contributed by atoms with van der Waals surface area (Å²) in [7, 11) is 3.36. The summed E-state index contributed by atoms with van der Waals surface area (Å²) in [6.07, 6.45) is 15.1. The van der Waals surface area contributed by atoms with Gasteiger partial charge in [-0.1, -0.05) is 77.6 Å². The lowest BCUT2D eigenvalue weighted by Gasteiger charge is -2.30. The van der Waals surface area contributed by atoms with Crippen LogP contribution in [0, 0.1) is 0 Å². The van der Waals surface area contributed by atoms with E-state index in [2.05, 4.69) is 12.2 Å².